The number of anilines is 1. The molecule has 1 fully saturated rings. The van der Waals surface area contributed by atoms with Gasteiger partial charge in [0.2, 0.25) is 5.91 Å². The Morgan fingerprint density at radius 2 is 2.25 bits per heavy atom. The molecule has 88 valence electrons. The molecule has 2 rings (SSSR count). The Bertz CT molecular complexity index is 421. The summed E-state index contributed by atoms with van der Waals surface area (Å²) in [7, 11) is 0. The van der Waals surface area contributed by atoms with E-state index in [0.29, 0.717) is 0 Å². The Balaban J connectivity index is 2.09. The van der Waals surface area contributed by atoms with E-state index in [1.165, 1.54) is 0 Å². The predicted octanol–water partition coefficient (Wildman–Crippen LogP) is 2.53. The summed E-state index contributed by atoms with van der Waals surface area (Å²) in [6.07, 6.45) is 1.70. The molecule has 1 N–H and O–H groups in total. The average Bonchev–Trinajstić information content (AvgIpc) is 2.72. The van der Waals surface area contributed by atoms with Crippen molar-refractivity contribution in [2.75, 3.05) is 5.32 Å². The van der Waals surface area contributed by atoms with Crippen molar-refractivity contribution in [2.24, 2.45) is 11.3 Å². The smallest absolute Gasteiger partial charge is 0.228 e. The fourth-order valence-corrected chi connectivity index (χ4v) is 1.94. The highest BCUT2D eigenvalue weighted by Gasteiger charge is 2.50. The van der Waals surface area contributed by atoms with Crippen LogP contribution in [0.2, 0.25) is 0 Å². The second-order valence-electron chi connectivity index (χ2n) is 5.15. The van der Waals surface area contributed by atoms with E-state index in [2.05, 4.69) is 24.3 Å². The molecule has 16 heavy (non-hydrogen) atoms. The van der Waals surface area contributed by atoms with Gasteiger partial charge in [-0.25, -0.2) is 0 Å². The zero-order valence-electron chi connectivity index (χ0n) is 10.3. The van der Waals surface area contributed by atoms with Crippen LogP contribution in [0.15, 0.2) is 4.52 Å². The molecule has 0 aliphatic heterocycles. The molecule has 1 atom stereocenters. The maximum Gasteiger partial charge on any atom is 0.228 e. The number of nitrogens with zero attached hydrogens (tertiary/aromatic N) is 1. The number of rotatable bonds is 3. The highest BCUT2D eigenvalue weighted by molar-refractivity contribution is 5.95. The summed E-state index contributed by atoms with van der Waals surface area (Å²) < 4.78 is 5.13. The topological polar surface area (TPSA) is 55.1 Å². The van der Waals surface area contributed by atoms with E-state index in [4.69, 9.17) is 4.52 Å². The zero-order chi connectivity index (χ0) is 11.9. The van der Waals surface area contributed by atoms with Gasteiger partial charge >= 0.3 is 0 Å². The monoisotopic (exact) mass is 222 g/mol. The summed E-state index contributed by atoms with van der Waals surface area (Å²) in [4.78, 5) is 11.9. The molecule has 1 aromatic heterocycles. The summed E-state index contributed by atoms with van der Waals surface area (Å²) in [6, 6.07) is 0. The number of carbonyl (C=O) groups excluding carboxylic acids is 1. The fraction of sp³-hybridized carbons (Fsp3) is 0.667. The summed E-state index contributed by atoms with van der Waals surface area (Å²) >= 11 is 0. The minimum absolute atomic E-state index is 0.0889. The van der Waals surface area contributed by atoms with E-state index in [-0.39, 0.29) is 17.2 Å². The molecule has 0 aromatic carbocycles. The van der Waals surface area contributed by atoms with E-state index < -0.39 is 0 Å². The molecule has 4 nitrogen and oxygen atoms in total. The van der Waals surface area contributed by atoms with Gasteiger partial charge < -0.3 is 9.84 Å². The maximum atomic E-state index is 11.9. The molecule has 1 heterocycles. The van der Waals surface area contributed by atoms with Crippen molar-refractivity contribution in [1.29, 1.82) is 0 Å². The third kappa shape index (κ3) is 1.84. The molecule has 4 heteroatoms. The lowest BCUT2D eigenvalue weighted by Gasteiger charge is -2.06. The van der Waals surface area contributed by atoms with E-state index in [9.17, 15) is 4.79 Å². The molecule has 1 aliphatic carbocycles. The van der Waals surface area contributed by atoms with Gasteiger partial charge in [0, 0.05) is 12.3 Å². The quantitative estimate of drug-likeness (QED) is 0.855. The first kappa shape index (κ1) is 11.2. The minimum Gasteiger partial charge on any atom is -0.359 e. The number of hydrogen-bond donors (Lipinski definition) is 1. The van der Waals surface area contributed by atoms with Crippen molar-refractivity contribution >= 4 is 11.6 Å². The normalized spacial score (nSPS) is 21.9. The summed E-state index contributed by atoms with van der Waals surface area (Å²) in [5.41, 5.74) is 1.67. The van der Waals surface area contributed by atoms with Crippen LogP contribution in [-0.4, -0.2) is 11.1 Å². The number of aryl methyl sites for hydroxylation is 2. The van der Waals surface area contributed by atoms with Crippen LogP contribution in [0.4, 0.5) is 5.69 Å². The SMILES string of the molecule is CCc1onc(C)c1NC(=O)[C@H]1CC1(C)C. The number of aromatic nitrogens is 1. The molecular weight excluding hydrogens is 204 g/mol. The zero-order valence-corrected chi connectivity index (χ0v) is 10.3. The Morgan fingerprint density at radius 1 is 1.62 bits per heavy atom. The summed E-state index contributed by atoms with van der Waals surface area (Å²) in [5, 5.41) is 6.80. The second-order valence-corrected chi connectivity index (χ2v) is 5.15. The van der Waals surface area contributed by atoms with Crippen LogP contribution in [-0.2, 0) is 11.2 Å². The Morgan fingerprint density at radius 3 is 2.75 bits per heavy atom. The van der Waals surface area contributed by atoms with E-state index in [1.807, 2.05) is 13.8 Å². The van der Waals surface area contributed by atoms with Gasteiger partial charge in [-0.05, 0) is 18.8 Å². The number of amides is 1. The standard InChI is InChI=1S/C12H18N2O2/c1-5-9-10(7(2)14-16-9)13-11(15)8-6-12(8,3)4/h8H,5-6H2,1-4H3,(H,13,15)/t8-/m1/s1. The molecule has 0 spiro atoms. The Kier molecular flexibility index (Phi) is 2.52. The molecule has 0 saturated heterocycles. The third-order valence-electron chi connectivity index (χ3n) is 3.33. The number of hydrogen-bond acceptors (Lipinski definition) is 3. The highest BCUT2D eigenvalue weighted by Crippen LogP contribution is 2.52. The second kappa shape index (κ2) is 3.61. The van der Waals surface area contributed by atoms with Crippen LogP contribution >= 0.6 is 0 Å². The molecule has 0 unspecified atom stereocenters. The lowest BCUT2D eigenvalue weighted by Crippen LogP contribution is -2.17. The average molecular weight is 222 g/mol. The first-order valence-electron chi connectivity index (χ1n) is 5.71. The van der Waals surface area contributed by atoms with E-state index >= 15 is 0 Å². The van der Waals surface area contributed by atoms with Gasteiger partial charge in [0.15, 0.2) is 5.76 Å². The van der Waals surface area contributed by atoms with Gasteiger partial charge in [-0.3, -0.25) is 4.79 Å². The van der Waals surface area contributed by atoms with Crippen molar-refractivity contribution in [2.45, 2.75) is 40.5 Å². The molecule has 1 aliphatic rings. The summed E-state index contributed by atoms with van der Waals surface area (Å²) in [6.45, 7) is 8.05. The number of nitrogens with one attached hydrogen (secondary N) is 1. The van der Waals surface area contributed by atoms with Crippen LogP contribution in [0.3, 0.4) is 0 Å². The van der Waals surface area contributed by atoms with Crippen LogP contribution in [0.1, 0.15) is 38.6 Å². The molecule has 0 radical (unpaired) electrons. The van der Waals surface area contributed by atoms with Gasteiger partial charge in [0.05, 0.1) is 0 Å². The van der Waals surface area contributed by atoms with Gasteiger partial charge in [-0.2, -0.15) is 0 Å². The van der Waals surface area contributed by atoms with Crippen molar-refractivity contribution in [3.8, 4) is 0 Å². The maximum absolute atomic E-state index is 11.9. The van der Waals surface area contributed by atoms with Crippen LogP contribution in [0.25, 0.3) is 0 Å². The molecule has 1 amide bonds. The minimum atomic E-state index is 0.0889. The highest BCUT2D eigenvalue weighted by atomic mass is 16.5. The third-order valence-corrected chi connectivity index (χ3v) is 3.33. The molecular formula is C12H18N2O2. The summed E-state index contributed by atoms with van der Waals surface area (Å²) in [5.74, 6) is 0.974. The van der Waals surface area contributed by atoms with Crippen molar-refractivity contribution in [3.63, 3.8) is 0 Å². The van der Waals surface area contributed by atoms with E-state index in [1.54, 1.807) is 0 Å². The molecule has 1 aromatic rings. The Hall–Kier alpha value is -1.32. The molecule has 0 bridgehead atoms. The van der Waals surface area contributed by atoms with Gasteiger partial charge in [-0.15, -0.1) is 0 Å². The van der Waals surface area contributed by atoms with Crippen LogP contribution < -0.4 is 5.32 Å². The Labute approximate surface area is 95.4 Å². The first-order valence-corrected chi connectivity index (χ1v) is 5.71. The largest absolute Gasteiger partial charge is 0.359 e. The van der Waals surface area contributed by atoms with Crippen molar-refractivity contribution < 1.29 is 9.32 Å². The van der Waals surface area contributed by atoms with Crippen molar-refractivity contribution in [3.05, 3.63) is 11.5 Å². The lowest BCUT2D eigenvalue weighted by molar-refractivity contribution is -0.118. The number of carbonyl (C=O) groups is 1. The lowest BCUT2D eigenvalue weighted by atomic mass is 10.1. The molecule has 1 saturated carbocycles. The van der Waals surface area contributed by atoms with Gasteiger partial charge in [0.1, 0.15) is 11.4 Å². The van der Waals surface area contributed by atoms with Crippen LogP contribution in [0, 0.1) is 18.3 Å². The van der Waals surface area contributed by atoms with Gasteiger partial charge in [-0.1, -0.05) is 25.9 Å². The van der Waals surface area contributed by atoms with Crippen LogP contribution in [0.5, 0.6) is 0 Å². The van der Waals surface area contributed by atoms with Gasteiger partial charge in [0.25, 0.3) is 0 Å². The first-order chi connectivity index (χ1) is 7.45. The predicted molar refractivity (Wildman–Crippen MR) is 61.1 cm³/mol. The fourth-order valence-electron chi connectivity index (χ4n) is 1.94. The van der Waals surface area contributed by atoms with E-state index in [0.717, 1.165) is 30.0 Å². The van der Waals surface area contributed by atoms with Crippen molar-refractivity contribution in [1.82, 2.24) is 5.16 Å².